The van der Waals surface area contributed by atoms with Gasteiger partial charge in [-0.25, -0.2) is 9.97 Å². The second kappa shape index (κ2) is 7.64. The molecule has 0 aliphatic carbocycles. The number of nitrogens with zero attached hydrogens (tertiary/aromatic N) is 3. The molecule has 1 aliphatic rings. The van der Waals surface area contributed by atoms with Crippen LogP contribution in [0, 0.1) is 0 Å². The van der Waals surface area contributed by atoms with Gasteiger partial charge in [0.2, 0.25) is 0 Å². The monoisotopic (exact) mass is 399 g/mol. The van der Waals surface area contributed by atoms with Crippen LogP contribution in [0.2, 0.25) is 0 Å². The van der Waals surface area contributed by atoms with E-state index in [0.717, 1.165) is 41.0 Å². The highest BCUT2D eigenvalue weighted by atomic mass is 32.1. The van der Waals surface area contributed by atoms with Crippen LogP contribution in [0.25, 0.3) is 21.3 Å². The Kier molecular flexibility index (Phi) is 5.36. The predicted molar refractivity (Wildman–Crippen MR) is 121 cm³/mol. The minimum Gasteiger partial charge on any atom is -0.364 e. The average molecular weight is 400 g/mol. The zero-order valence-electron chi connectivity index (χ0n) is 17.9. The van der Waals surface area contributed by atoms with Gasteiger partial charge in [-0.15, -0.1) is 11.3 Å². The van der Waals surface area contributed by atoms with Crippen LogP contribution in [0.4, 0.5) is 5.82 Å². The number of unbranched alkanes of at least 4 members (excludes halogenated alkanes) is 1. The van der Waals surface area contributed by atoms with Crippen molar-refractivity contribution in [2.75, 3.05) is 25.5 Å². The number of likely N-dealkylation sites (tertiary alicyclic amines) is 1. The number of nitrogens with one attached hydrogen (secondary N) is 2. The SMILES string of the molecule is CCCCc1nc2c(NC(C)(C)C)nc3cc(C4CCN(C)CC4)sc3c2[nH]1. The van der Waals surface area contributed by atoms with E-state index in [0.29, 0.717) is 5.92 Å². The first-order valence-electron chi connectivity index (χ1n) is 10.6. The molecule has 1 aliphatic heterocycles. The van der Waals surface area contributed by atoms with Gasteiger partial charge in [0.25, 0.3) is 0 Å². The number of aromatic nitrogens is 3. The van der Waals surface area contributed by atoms with E-state index in [1.807, 2.05) is 11.3 Å². The maximum Gasteiger partial charge on any atom is 0.155 e. The maximum absolute atomic E-state index is 5.02. The molecular formula is C22H33N5S. The van der Waals surface area contributed by atoms with Crippen molar-refractivity contribution in [3.8, 4) is 0 Å². The summed E-state index contributed by atoms with van der Waals surface area (Å²) in [4.78, 5) is 17.5. The molecule has 3 aromatic heterocycles. The van der Waals surface area contributed by atoms with Crippen molar-refractivity contribution in [3.63, 3.8) is 0 Å². The molecule has 3 aromatic rings. The maximum atomic E-state index is 5.02. The van der Waals surface area contributed by atoms with Crippen molar-refractivity contribution in [2.24, 2.45) is 0 Å². The van der Waals surface area contributed by atoms with Gasteiger partial charge in [0.15, 0.2) is 5.82 Å². The number of aryl methyl sites for hydroxylation is 1. The van der Waals surface area contributed by atoms with Crippen LogP contribution in [0.1, 0.15) is 70.0 Å². The molecule has 0 radical (unpaired) electrons. The molecule has 152 valence electrons. The van der Waals surface area contributed by atoms with E-state index in [9.17, 15) is 0 Å². The van der Waals surface area contributed by atoms with Gasteiger partial charge in [-0.1, -0.05) is 13.3 Å². The number of aromatic amines is 1. The van der Waals surface area contributed by atoms with Crippen LogP contribution in [-0.4, -0.2) is 45.5 Å². The molecule has 0 spiro atoms. The van der Waals surface area contributed by atoms with Gasteiger partial charge in [-0.3, -0.25) is 0 Å². The second-order valence-corrected chi connectivity index (χ2v) is 10.4. The van der Waals surface area contributed by atoms with E-state index >= 15 is 0 Å². The molecule has 0 aromatic carbocycles. The molecule has 4 heterocycles. The summed E-state index contributed by atoms with van der Waals surface area (Å²) in [6.07, 6.45) is 5.81. The third kappa shape index (κ3) is 4.03. The topological polar surface area (TPSA) is 56.8 Å². The number of hydrogen-bond donors (Lipinski definition) is 2. The summed E-state index contributed by atoms with van der Waals surface area (Å²) in [5, 5.41) is 3.58. The summed E-state index contributed by atoms with van der Waals surface area (Å²) in [5.41, 5.74) is 3.20. The van der Waals surface area contributed by atoms with E-state index in [4.69, 9.17) is 9.97 Å². The highest BCUT2D eigenvalue weighted by Crippen LogP contribution is 2.40. The van der Waals surface area contributed by atoms with Crippen LogP contribution in [0.5, 0.6) is 0 Å². The molecule has 2 N–H and O–H groups in total. The Morgan fingerprint density at radius 1 is 1.25 bits per heavy atom. The summed E-state index contributed by atoms with van der Waals surface area (Å²) in [7, 11) is 2.22. The van der Waals surface area contributed by atoms with Crippen molar-refractivity contribution in [3.05, 3.63) is 16.8 Å². The second-order valence-electron chi connectivity index (χ2n) is 9.29. The van der Waals surface area contributed by atoms with Gasteiger partial charge in [0.05, 0.1) is 15.7 Å². The van der Waals surface area contributed by atoms with Crippen molar-refractivity contribution in [1.82, 2.24) is 19.9 Å². The molecule has 28 heavy (non-hydrogen) atoms. The summed E-state index contributed by atoms with van der Waals surface area (Å²) in [6, 6.07) is 2.33. The predicted octanol–water partition coefficient (Wildman–Crippen LogP) is 5.53. The molecule has 5 nitrogen and oxygen atoms in total. The Hall–Kier alpha value is -1.66. The Balaban J connectivity index is 1.79. The normalized spacial score (nSPS) is 17.0. The van der Waals surface area contributed by atoms with E-state index in [1.54, 1.807) is 0 Å². The molecule has 0 atom stereocenters. The van der Waals surface area contributed by atoms with Gasteiger partial charge in [0.1, 0.15) is 11.3 Å². The van der Waals surface area contributed by atoms with Crippen molar-refractivity contribution in [2.45, 2.75) is 71.3 Å². The third-order valence-corrected chi connectivity index (χ3v) is 6.85. The van der Waals surface area contributed by atoms with E-state index in [2.05, 4.69) is 56.0 Å². The summed E-state index contributed by atoms with van der Waals surface area (Å²) in [5.74, 6) is 2.64. The largest absolute Gasteiger partial charge is 0.364 e. The summed E-state index contributed by atoms with van der Waals surface area (Å²) in [6.45, 7) is 11.1. The standard InChI is InChI=1S/C22H33N5S/c1-6-7-8-17-24-18-19(25-17)21(26-22(2,3)4)23-15-13-16(28-20(15)18)14-9-11-27(5)12-10-14/h13-14H,6-12H2,1-5H3,(H,23,26)(H,24,25). The first kappa shape index (κ1) is 19.6. The zero-order valence-corrected chi connectivity index (χ0v) is 18.7. The minimum atomic E-state index is -0.0526. The molecule has 0 amide bonds. The van der Waals surface area contributed by atoms with Crippen molar-refractivity contribution in [1.29, 1.82) is 0 Å². The van der Waals surface area contributed by atoms with E-state index in [1.165, 1.54) is 41.9 Å². The van der Waals surface area contributed by atoms with Gasteiger partial charge in [-0.2, -0.15) is 0 Å². The number of fused-ring (bicyclic) bond motifs is 3. The molecule has 0 bridgehead atoms. The fraction of sp³-hybridized carbons (Fsp3) is 0.636. The smallest absolute Gasteiger partial charge is 0.155 e. The molecule has 1 saturated heterocycles. The molecule has 0 unspecified atom stereocenters. The number of hydrogen-bond acceptors (Lipinski definition) is 5. The lowest BCUT2D eigenvalue weighted by Crippen LogP contribution is -2.28. The first-order valence-corrected chi connectivity index (χ1v) is 11.4. The van der Waals surface area contributed by atoms with E-state index < -0.39 is 0 Å². The molecule has 6 heteroatoms. The zero-order chi connectivity index (χ0) is 19.9. The lowest BCUT2D eigenvalue weighted by Gasteiger charge is -2.28. The number of imidazole rings is 1. The number of H-pyrrole nitrogens is 1. The van der Waals surface area contributed by atoms with Crippen molar-refractivity contribution < 1.29 is 0 Å². The van der Waals surface area contributed by atoms with Crippen LogP contribution >= 0.6 is 11.3 Å². The summed E-state index contributed by atoms with van der Waals surface area (Å²) >= 11 is 1.92. The molecular weight excluding hydrogens is 366 g/mol. The quantitative estimate of drug-likeness (QED) is 0.592. The summed E-state index contributed by atoms with van der Waals surface area (Å²) < 4.78 is 1.26. The average Bonchev–Trinajstić information content (AvgIpc) is 3.23. The Bertz CT molecular complexity index is 957. The van der Waals surface area contributed by atoms with Crippen LogP contribution in [-0.2, 0) is 6.42 Å². The Labute approximate surface area is 171 Å². The van der Waals surface area contributed by atoms with Crippen LogP contribution in [0.15, 0.2) is 6.07 Å². The number of thiophene rings is 1. The Morgan fingerprint density at radius 2 is 2.00 bits per heavy atom. The lowest BCUT2D eigenvalue weighted by atomic mass is 9.95. The minimum absolute atomic E-state index is 0.0526. The number of anilines is 1. The van der Waals surface area contributed by atoms with Crippen LogP contribution < -0.4 is 5.32 Å². The number of piperidine rings is 1. The fourth-order valence-corrected chi connectivity index (χ4v) is 5.26. The third-order valence-electron chi connectivity index (χ3n) is 5.55. The highest BCUT2D eigenvalue weighted by molar-refractivity contribution is 7.20. The highest BCUT2D eigenvalue weighted by Gasteiger charge is 2.23. The van der Waals surface area contributed by atoms with Gasteiger partial charge in [0, 0.05) is 16.8 Å². The van der Waals surface area contributed by atoms with Gasteiger partial charge >= 0.3 is 0 Å². The molecule has 0 saturated carbocycles. The first-order chi connectivity index (χ1) is 13.3. The van der Waals surface area contributed by atoms with Gasteiger partial charge in [-0.05, 0) is 72.2 Å². The lowest BCUT2D eigenvalue weighted by molar-refractivity contribution is 0.257. The molecule has 1 fully saturated rings. The number of pyridine rings is 1. The molecule has 4 rings (SSSR count). The van der Waals surface area contributed by atoms with Gasteiger partial charge < -0.3 is 15.2 Å². The van der Waals surface area contributed by atoms with Crippen molar-refractivity contribution >= 4 is 38.4 Å². The Morgan fingerprint density at radius 3 is 2.68 bits per heavy atom. The van der Waals surface area contributed by atoms with E-state index in [-0.39, 0.29) is 5.54 Å². The number of rotatable bonds is 5. The fourth-order valence-electron chi connectivity index (χ4n) is 3.99. The van der Waals surface area contributed by atoms with Crippen LogP contribution in [0.3, 0.4) is 0 Å².